The molecular formula is C27H42O3. The number of carbonyl (C=O) groups is 1. The zero-order valence-corrected chi connectivity index (χ0v) is 19.4. The number of aliphatic hydroxyl groups excluding tert-OH is 1. The summed E-state index contributed by atoms with van der Waals surface area (Å²) < 4.78 is 0. The van der Waals surface area contributed by atoms with Gasteiger partial charge >= 0.3 is 5.97 Å². The van der Waals surface area contributed by atoms with Crippen LogP contribution >= 0.6 is 0 Å². The third kappa shape index (κ3) is 3.59. The van der Waals surface area contributed by atoms with Crippen molar-refractivity contribution in [2.75, 3.05) is 0 Å². The van der Waals surface area contributed by atoms with Crippen molar-refractivity contribution in [2.24, 2.45) is 46.3 Å². The molecule has 0 aromatic rings. The molecule has 8 atom stereocenters. The minimum absolute atomic E-state index is 0.110. The maximum Gasteiger partial charge on any atom is 0.314 e. The molecule has 0 saturated heterocycles. The van der Waals surface area contributed by atoms with Gasteiger partial charge in [0.15, 0.2) is 0 Å². The van der Waals surface area contributed by atoms with Crippen LogP contribution in [0, 0.1) is 46.3 Å². The third-order valence-electron chi connectivity index (χ3n) is 9.90. The first-order chi connectivity index (χ1) is 14.2. The standard InChI is InChI=1S/C27H42O3/c1-17(2)6-5-7-20(25(29)30)18-12-14-26(3)19(16-18)8-9-21-22-10-11-24(28)27(22,4)15-13-23(21)26/h5,7,12,17,19-24,28H,6,8-11,13-16H2,1-4H3,(H,29,30)/b7-5-/t19-,20+,21-,22-,23-,24-,26-,27-/m0/s1. The molecule has 0 aliphatic heterocycles. The van der Waals surface area contributed by atoms with Crippen LogP contribution in [0.1, 0.15) is 85.5 Å². The zero-order valence-electron chi connectivity index (χ0n) is 19.4. The van der Waals surface area contributed by atoms with Crippen molar-refractivity contribution >= 4 is 5.97 Å². The van der Waals surface area contributed by atoms with Crippen LogP contribution in [-0.4, -0.2) is 22.3 Å². The van der Waals surface area contributed by atoms with Gasteiger partial charge in [-0.2, -0.15) is 0 Å². The molecule has 0 amide bonds. The summed E-state index contributed by atoms with van der Waals surface area (Å²) in [6.45, 7) is 9.19. The van der Waals surface area contributed by atoms with Crippen LogP contribution < -0.4 is 0 Å². The Balaban J connectivity index is 1.54. The molecule has 3 heteroatoms. The Bertz CT molecular complexity index is 722. The highest BCUT2D eigenvalue weighted by atomic mass is 16.4. The molecule has 4 aliphatic carbocycles. The van der Waals surface area contributed by atoms with Crippen molar-refractivity contribution in [1.29, 1.82) is 0 Å². The number of aliphatic hydroxyl groups is 1. The van der Waals surface area contributed by atoms with Gasteiger partial charge in [-0.1, -0.05) is 51.5 Å². The summed E-state index contributed by atoms with van der Waals surface area (Å²) in [7, 11) is 0. The molecule has 0 radical (unpaired) electrons. The van der Waals surface area contributed by atoms with E-state index in [0.717, 1.165) is 49.5 Å². The van der Waals surface area contributed by atoms with Crippen molar-refractivity contribution in [3.05, 3.63) is 23.8 Å². The summed E-state index contributed by atoms with van der Waals surface area (Å²) in [5.41, 5.74) is 1.57. The quantitative estimate of drug-likeness (QED) is 0.524. The molecule has 4 aliphatic rings. The van der Waals surface area contributed by atoms with E-state index < -0.39 is 11.9 Å². The lowest BCUT2D eigenvalue weighted by molar-refractivity contribution is -0.139. The molecule has 168 valence electrons. The van der Waals surface area contributed by atoms with E-state index in [1.54, 1.807) is 0 Å². The van der Waals surface area contributed by atoms with Crippen LogP contribution in [0.4, 0.5) is 0 Å². The van der Waals surface area contributed by atoms with E-state index in [1.165, 1.54) is 25.7 Å². The van der Waals surface area contributed by atoms with Crippen LogP contribution in [0.25, 0.3) is 0 Å². The smallest absolute Gasteiger partial charge is 0.314 e. The topological polar surface area (TPSA) is 57.5 Å². The minimum atomic E-state index is -0.702. The van der Waals surface area contributed by atoms with Crippen molar-refractivity contribution in [3.8, 4) is 0 Å². The van der Waals surface area contributed by atoms with Crippen LogP contribution in [0.5, 0.6) is 0 Å². The predicted molar refractivity (Wildman–Crippen MR) is 121 cm³/mol. The van der Waals surface area contributed by atoms with Crippen molar-refractivity contribution < 1.29 is 15.0 Å². The van der Waals surface area contributed by atoms with Crippen LogP contribution in [0.15, 0.2) is 23.8 Å². The molecule has 0 aromatic carbocycles. The van der Waals surface area contributed by atoms with Gasteiger partial charge < -0.3 is 10.2 Å². The average Bonchev–Trinajstić information content (AvgIpc) is 2.99. The molecule has 0 bridgehead atoms. The zero-order chi connectivity index (χ0) is 21.7. The molecule has 0 spiro atoms. The average molecular weight is 415 g/mol. The summed E-state index contributed by atoms with van der Waals surface area (Å²) >= 11 is 0. The molecule has 0 heterocycles. The number of fused-ring (bicyclic) bond motifs is 5. The summed E-state index contributed by atoms with van der Waals surface area (Å²) in [4.78, 5) is 12.0. The van der Waals surface area contributed by atoms with E-state index in [2.05, 4.69) is 39.8 Å². The fourth-order valence-electron chi connectivity index (χ4n) is 7.98. The number of aliphatic carboxylic acids is 1. The minimum Gasteiger partial charge on any atom is -0.481 e. The number of carboxylic acids is 1. The Labute approximate surface area is 183 Å². The van der Waals surface area contributed by atoms with Crippen LogP contribution in [0.2, 0.25) is 0 Å². The Morgan fingerprint density at radius 1 is 1.13 bits per heavy atom. The SMILES string of the molecule is CC(C)C/C=C\[C@@H](C(=O)O)C1=CC[C@@]2(C)[C@@H](CC[C@@H]3[C@@H]2CC[C@]2(C)[C@@H](O)CC[C@@H]32)C1. The van der Waals surface area contributed by atoms with Gasteiger partial charge in [0.25, 0.3) is 0 Å². The van der Waals surface area contributed by atoms with Crippen molar-refractivity contribution in [2.45, 2.75) is 91.6 Å². The van der Waals surface area contributed by atoms with E-state index in [9.17, 15) is 15.0 Å². The van der Waals surface area contributed by atoms with E-state index in [1.807, 2.05) is 6.08 Å². The predicted octanol–water partition coefficient (Wildman–Crippen LogP) is 6.23. The van der Waals surface area contributed by atoms with E-state index in [0.29, 0.717) is 23.2 Å². The molecule has 0 unspecified atom stereocenters. The highest BCUT2D eigenvalue weighted by molar-refractivity contribution is 5.76. The Hall–Kier alpha value is -1.09. The fraction of sp³-hybridized carbons (Fsp3) is 0.815. The van der Waals surface area contributed by atoms with Gasteiger partial charge in [-0.15, -0.1) is 0 Å². The number of allylic oxidation sites excluding steroid dienone is 2. The first-order valence-corrected chi connectivity index (χ1v) is 12.4. The van der Waals surface area contributed by atoms with Gasteiger partial charge in [0.05, 0.1) is 12.0 Å². The number of carboxylic acid groups (broad SMARTS) is 1. The molecule has 4 rings (SSSR count). The lowest BCUT2D eigenvalue weighted by atomic mass is 9.45. The third-order valence-corrected chi connectivity index (χ3v) is 9.90. The molecule has 3 nitrogen and oxygen atoms in total. The molecular weight excluding hydrogens is 372 g/mol. The van der Waals surface area contributed by atoms with Gasteiger partial charge in [0, 0.05) is 0 Å². The first-order valence-electron chi connectivity index (χ1n) is 12.4. The molecule has 30 heavy (non-hydrogen) atoms. The Kier molecular flexibility index (Phi) is 5.98. The first kappa shape index (κ1) is 22.1. The highest BCUT2D eigenvalue weighted by Crippen LogP contribution is 2.66. The highest BCUT2D eigenvalue weighted by Gasteiger charge is 2.59. The van der Waals surface area contributed by atoms with Gasteiger partial charge in [-0.05, 0) is 98.2 Å². The van der Waals surface area contributed by atoms with Crippen LogP contribution in [0.3, 0.4) is 0 Å². The molecule has 0 aromatic heterocycles. The Morgan fingerprint density at radius 3 is 2.57 bits per heavy atom. The van der Waals surface area contributed by atoms with E-state index >= 15 is 0 Å². The summed E-state index contributed by atoms with van der Waals surface area (Å²) in [5, 5.41) is 20.5. The normalized spacial score (nSPS) is 44.3. The van der Waals surface area contributed by atoms with Gasteiger partial charge in [-0.3, -0.25) is 4.79 Å². The largest absolute Gasteiger partial charge is 0.481 e. The van der Waals surface area contributed by atoms with E-state index in [4.69, 9.17) is 0 Å². The second-order valence-electron chi connectivity index (χ2n) is 11.9. The molecule has 3 fully saturated rings. The molecule has 2 N–H and O–H groups in total. The van der Waals surface area contributed by atoms with Crippen molar-refractivity contribution in [1.82, 2.24) is 0 Å². The number of hydrogen-bond donors (Lipinski definition) is 2. The summed E-state index contributed by atoms with van der Waals surface area (Å²) in [5.74, 6) is 2.17. The number of hydrogen-bond acceptors (Lipinski definition) is 2. The maximum atomic E-state index is 12.0. The second-order valence-corrected chi connectivity index (χ2v) is 11.9. The van der Waals surface area contributed by atoms with E-state index in [-0.39, 0.29) is 11.5 Å². The molecule has 3 saturated carbocycles. The van der Waals surface area contributed by atoms with Gasteiger partial charge in [0.1, 0.15) is 0 Å². The summed E-state index contributed by atoms with van der Waals surface area (Å²) in [6.07, 6.45) is 16.2. The van der Waals surface area contributed by atoms with Crippen LogP contribution in [-0.2, 0) is 4.79 Å². The fourth-order valence-corrected chi connectivity index (χ4v) is 7.98. The monoisotopic (exact) mass is 414 g/mol. The lowest BCUT2D eigenvalue weighted by Crippen LogP contribution is -2.53. The number of rotatable bonds is 5. The lowest BCUT2D eigenvalue weighted by Gasteiger charge is -2.60. The van der Waals surface area contributed by atoms with Crippen molar-refractivity contribution in [3.63, 3.8) is 0 Å². The second kappa shape index (κ2) is 8.11. The maximum absolute atomic E-state index is 12.0. The summed E-state index contributed by atoms with van der Waals surface area (Å²) in [6, 6.07) is 0. The van der Waals surface area contributed by atoms with Gasteiger partial charge in [0.2, 0.25) is 0 Å². The Morgan fingerprint density at radius 2 is 1.87 bits per heavy atom. The van der Waals surface area contributed by atoms with Gasteiger partial charge in [-0.25, -0.2) is 0 Å².